The van der Waals surface area contributed by atoms with Crippen molar-refractivity contribution in [2.24, 2.45) is 23.2 Å². The van der Waals surface area contributed by atoms with E-state index in [1.54, 1.807) is 16.0 Å². The minimum absolute atomic E-state index is 0.0133. The van der Waals surface area contributed by atoms with Crippen LogP contribution in [0.15, 0.2) is 30.6 Å². The molecule has 18 nitrogen and oxygen atoms in total. The predicted octanol–water partition coefficient (Wildman–Crippen LogP) is 4.26. The van der Waals surface area contributed by atoms with Crippen LogP contribution in [-0.4, -0.2) is 116 Å². The van der Waals surface area contributed by atoms with Crippen LogP contribution in [0.3, 0.4) is 0 Å². The number of imide groups is 1. The highest BCUT2D eigenvalue weighted by atomic mass is 16.2. The van der Waals surface area contributed by atoms with Gasteiger partial charge < -0.3 is 31.1 Å². The lowest BCUT2D eigenvalue weighted by atomic mass is 9.82. The SMILES string of the molecule is CCC[C@H](NC(=O)[C@@H]1[C@H]2CCC[C@H]2CN1C(=O)[C@@H](NC(=O)[C@@H](NC(=O)c1cnc([C@H]2CCC(c3ccc4c(c3)CN(C3CCC(=O)NC3=O)C4=O)C2)cn1)C1CCCCC1)C(C)(C)C)C(=O)C(=O)NC1CC1. The largest absolute Gasteiger partial charge is 0.347 e. The normalized spacial score (nSPS) is 26.5. The van der Waals surface area contributed by atoms with Crippen molar-refractivity contribution in [2.45, 2.75) is 191 Å². The van der Waals surface area contributed by atoms with E-state index < -0.39 is 76.9 Å². The second-order valence-corrected chi connectivity index (χ2v) is 22.8. The number of Topliss-reactive ketones (excluding diaryl/α,β-unsaturated/α-hetero) is 1. The van der Waals surface area contributed by atoms with Gasteiger partial charge in [0.25, 0.3) is 17.7 Å². The number of piperidine rings is 1. The van der Waals surface area contributed by atoms with Crippen molar-refractivity contribution in [3.05, 3.63) is 58.7 Å². The number of benzene rings is 1. The number of carbonyl (C=O) groups excluding carboxylic acids is 9. The molecule has 8 amide bonds. The maximum atomic E-state index is 14.9. The molecule has 7 aliphatic rings. The summed E-state index contributed by atoms with van der Waals surface area (Å²) in [7, 11) is 0. The standard InChI is InChI=1S/C54H71N9O9/c1-5-10-38(45(65)51(70)57-35-18-19-35)58-50(69)44-36-14-9-13-33(36)27-63(44)53(72)46(54(2,3)4)61-49(68)43(29-11-7-6-8-12-29)60-47(66)40-26-55-39(25-56-40)32-16-15-30(23-32)31-17-20-37-34(24-31)28-62(52(37)71)41-21-22-42(64)59-48(41)67/h17,20,24-26,29-30,32-33,35-36,38,41,43-44,46H,5-16,18-19,21-23,27-28H2,1-4H3,(H,57,70)(H,58,69)(H,60,66)(H,61,68)(H,59,64,67)/t30?,32-,33-,36-,38-,41?,43-,44-,46+/m0/s1. The molecule has 4 saturated carbocycles. The Morgan fingerprint density at radius 1 is 0.833 bits per heavy atom. The van der Waals surface area contributed by atoms with Gasteiger partial charge in [0.15, 0.2) is 0 Å². The molecule has 5 N–H and O–H groups in total. The number of hydrogen-bond donors (Lipinski definition) is 5. The maximum Gasteiger partial charge on any atom is 0.289 e. The first-order chi connectivity index (χ1) is 34.5. The van der Waals surface area contributed by atoms with E-state index in [2.05, 4.69) is 37.6 Å². The van der Waals surface area contributed by atoms with Crippen LogP contribution < -0.4 is 26.6 Å². The molecule has 9 atom stereocenters. The molecule has 9 rings (SSSR count). The van der Waals surface area contributed by atoms with Gasteiger partial charge in [-0.3, -0.25) is 53.5 Å². The Labute approximate surface area is 421 Å². The average molecular weight is 990 g/mol. The van der Waals surface area contributed by atoms with Gasteiger partial charge in [-0.2, -0.15) is 0 Å². The van der Waals surface area contributed by atoms with Crippen molar-refractivity contribution in [3.8, 4) is 0 Å². The number of fused-ring (bicyclic) bond motifs is 2. The van der Waals surface area contributed by atoms with Crippen LogP contribution >= 0.6 is 0 Å². The highest BCUT2D eigenvalue weighted by Gasteiger charge is 2.53. The van der Waals surface area contributed by atoms with Gasteiger partial charge in [0.05, 0.1) is 17.9 Å². The number of nitrogens with one attached hydrogen (secondary N) is 5. The first-order valence-electron chi connectivity index (χ1n) is 26.6. The lowest BCUT2D eigenvalue weighted by Crippen LogP contribution is -2.62. The number of aromatic nitrogens is 2. The molecule has 2 aromatic rings. The number of likely N-dealkylation sites (tertiary alicyclic amines) is 1. The van der Waals surface area contributed by atoms with Crippen molar-refractivity contribution in [2.75, 3.05) is 6.54 Å². The van der Waals surface area contributed by atoms with Crippen molar-refractivity contribution in [1.29, 1.82) is 0 Å². The summed E-state index contributed by atoms with van der Waals surface area (Å²) in [5, 5.41) is 14.0. The van der Waals surface area contributed by atoms with E-state index in [4.69, 9.17) is 4.98 Å². The summed E-state index contributed by atoms with van der Waals surface area (Å²) in [4.78, 5) is 134. The fourth-order valence-electron chi connectivity index (χ4n) is 12.5. The molecule has 1 aromatic carbocycles. The highest BCUT2D eigenvalue weighted by molar-refractivity contribution is 6.38. The summed E-state index contributed by atoms with van der Waals surface area (Å²) in [5.41, 5.74) is 2.57. The molecule has 3 aliphatic heterocycles. The molecular formula is C54H71N9O9. The van der Waals surface area contributed by atoms with E-state index in [0.29, 0.717) is 44.3 Å². The summed E-state index contributed by atoms with van der Waals surface area (Å²) in [6, 6.07) is 1.28. The number of ketones is 1. The third kappa shape index (κ3) is 10.8. The van der Waals surface area contributed by atoms with E-state index in [0.717, 1.165) is 87.4 Å². The third-order valence-corrected chi connectivity index (χ3v) is 16.7. The fourth-order valence-corrected chi connectivity index (χ4v) is 12.5. The van der Waals surface area contributed by atoms with Crippen LogP contribution in [0, 0.1) is 23.2 Å². The predicted molar refractivity (Wildman–Crippen MR) is 262 cm³/mol. The van der Waals surface area contributed by atoms with Gasteiger partial charge in [0, 0.05) is 43.2 Å². The summed E-state index contributed by atoms with van der Waals surface area (Å²) < 4.78 is 0. The maximum absolute atomic E-state index is 14.9. The molecule has 2 unspecified atom stereocenters. The molecule has 0 radical (unpaired) electrons. The first-order valence-corrected chi connectivity index (χ1v) is 26.6. The monoisotopic (exact) mass is 990 g/mol. The Kier molecular flexibility index (Phi) is 15.0. The third-order valence-electron chi connectivity index (χ3n) is 16.7. The molecule has 0 spiro atoms. The van der Waals surface area contributed by atoms with Crippen molar-refractivity contribution < 1.29 is 43.2 Å². The van der Waals surface area contributed by atoms with E-state index in [9.17, 15) is 43.2 Å². The molecule has 386 valence electrons. The quantitative estimate of drug-likeness (QED) is 0.118. The molecule has 18 heteroatoms. The van der Waals surface area contributed by atoms with Crippen LogP contribution in [0.25, 0.3) is 0 Å². The zero-order valence-electron chi connectivity index (χ0n) is 42.1. The van der Waals surface area contributed by atoms with Gasteiger partial charge in [-0.1, -0.05) is 71.9 Å². The van der Waals surface area contributed by atoms with E-state index in [1.807, 2.05) is 39.8 Å². The Hall–Kier alpha value is -6.07. The van der Waals surface area contributed by atoms with Gasteiger partial charge in [-0.25, -0.2) is 4.98 Å². The fraction of sp³-hybridized carbons (Fsp3) is 0.648. The number of hydrogen-bond acceptors (Lipinski definition) is 11. The van der Waals surface area contributed by atoms with Crippen LogP contribution in [0.2, 0.25) is 0 Å². The second kappa shape index (κ2) is 21.2. The molecule has 0 bridgehead atoms. The van der Waals surface area contributed by atoms with Crippen molar-refractivity contribution >= 4 is 53.0 Å². The molecule has 4 heterocycles. The zero-order valence-corrected chi connectivity index (χ0v) is 42.1. The second-order valence-electron chi connectivity index (χ2n) is 22.8. The van der Waals surface area contributed by atoms with Crippen molar-refractivity contribution in [3.63, 3.8) is 0 Å². The minimum atomic E-state index is -1.05. The average Bonchev–Trinajstić information content (AvgIpc) is 3.66. The Balaban J connectivity index is 0.853. The Morgan fingerprint density at radius 2 is 1.60 bits per heavy atom. The van der Waals surface area contributed by atoms with Crippen LogP contribution in [0.5, 0.6) is 0 Å². The number of rotatable bonds is 16. The summed E-state index contributed by atoms with van der Waals surface area (Å²) in [6.07, 6.45) is 15.3. The first kappa shape index (κ1) is 50.9. The van der Waals surface area contributed by atoms with Gasteiger partial charge in [-0.05, 0) is 117 Å². The molecular weight excluding hydrogens is 919 g/mol. The molecule has 2 saturated heterocycles. The Morgan fingerprint density at radius 3 is 2.29 bits per heavy atom. The molecule has 4 aliphatic carbocycles. The van der Waals surface area contributed by atoms with E-state index in [-0.39, 0.29) is 66.0 Å². The number of nitrogens with zero attached hydrogens (tertiary/aromatic N) is 4. The summed E-state index contributed by atoms with van der Waals surface area (Å²) in [6.45, 7) is 8.11. The lowest BCUT2D eigenvalue weighted by molar-refractivity contribution is -0.146. The van der Waals surface area contributed by atoms with Gasteiger partial charge in [-0.15, -0.1) is 0 Å². The number of carbonyl (C=O) groups is 9. The van der Waals surface area contributed by atoms with Crippen LogP contribution in [-0.2, 0) is 40.1 Å². The highest BCUT2D eigenvalue weighted by Crippen LogP contribution is 2.45. The molecule has 1 aromatic heterocycles. The van der Waals surface area contributed by atoms with Gasteiger partial charge in [0.2, 0.25) is 35.3 Å². The Bertz CT molecular complexity index is 2480. The van der Waals surface area contributed by atoms with Crippen LogP contribution in [0.1, 0.15) is 186 Å². The van der Waals surface area contributed by atoms with E-state index in [1.165, 1.54) is 6.20 Å². The van der Waals surface area contributed by atoms with Crippen molar-refractivity contribution in [1.82, 2.24) is 46.4 Å². The summed E-state index contributed by atoms with van der Waals surface area (Å²) >= 11 is 0. The smallest absolute Gasteiger partial charge is 0.289 e. The minimum Gasteiger partial charge on any atom is -0.347 e. The van der Waals surface area contributed by atoms with Crippen LogP contribution in [0.4, 0.5) is 0 Å². The molecule has 72 heavy (non-hydrogen) atoms. The zero-order chi connectivity index (χ0) is 51.0. The topological polar surface area (TPSA) is 246 Å². The summed E-state index contributed by atoms with van der Waals surface area (Å²) in [5.74, 6) is -4.19. The lowest BCUT2D eigenvalue weighted by Gasteiger charge is -2.38. The number of amides is 8. The van der Waals surface area contributed by atoms with E-state index >= 15 is 0 Å². The van der Waals surface area contributed by atoms with Gasteiger partial charge >= 0.3 is 0 Å². The molecule has 6 fully saturated rings. The van der Waals surface area contributed by atoms with Gasteiger partial charge in [0.1, 0.15) is 29.9 Å².